The van der Waals surface area contributed by atoms with Crippen LogP contribution in [0.15, 0.2) is 53.1 Å². The molecule has 0 saturated heterocycles. The Morgan fingerprint density at radius 1 is 1.25 bits per heavy atom. The molecule has 1 N–H and O–H groups in total. The lowest BCUT2D eigenvalue weighted by Gasteiger charge is -2.19. The van der Waals surface area contributed by atoms with Crippen LogP contribution in [0, 0.1) is 0 Å². The van der Waals surface area contributed by atoms with Crippen molar-refractivity contribution in [3.63, 3.8) is 0 Å². The van der Waals surface area contributed by atoms with Crippen molar-refractivity contribution >= 4 is 33.2 Å². The molecule has 0 bridgehead atoms. The van der Waals surface area contributed by atoms with E-state index in [4.69, 9.17) is 20.9 Å². The molecule has 3 rings (SSSR count). The van der Waals surface area contributed by atoms with E-state index in [2.05, 4.69) is 15.5 Å². The van der Waals surface area contributed by atoms with Crippen LogP contribution >= 0.6 is 11.6 Å². The Balaban J connectivity index is 1.58. The number of halogens is 1. The number of amides is 1. The highest BCUT2D eigenvalue weighted by atomic mass is 35.5. The van der Waals surface area contributed by atoms with Crippen molar-refractivity contribution in [3.8, 4) is 17.1 Å². The first kappa shape index (κ1) is 23.6. The highest BCUT2D eigenvalue weighted by molar-refractivity contribution is 7.92. The first-order valence-corrected chi connectivity index (χ1v) is 12.0. The third-order valence-electron chi connectivity index (χ3n) is 4.60. The van der Waals surface area contributed by atoms with Crippen molar-refractivity contribution in [2.75, 3.05) is 17.6 Å². The van der Waals surface area contributed by atoms with Gasteiger partial charge >= 0.3 is 0 Å². The summed E-state index contributed by atoms with van der Waals surface area (Å²) < 4.78 is 35.4. The number of nitrogens with one attached hydrogen (secondary N) is 1. The molecular formula is C21H23ClN4O5S. The van der Waals surface area contributed by atoms with E-state index in [1.165, 1.54) is 7.05 Å². The molecule has 0 fully saturated rings. The molecule has 170 valence electrons. The van der Waals surface area contributed by atoms with Gasteiger partial charge in [-0.15, -0.1) is 0 Å². The van der Waals surface area contributed by atoms with Crippen LogP contribution in [0.1, 0.15) is 19.2 Å². The van der Waals surface area contributed by atoms with E-state index in [-0.39, 0.29) is 18.3 Å². The summed E-state index contributed by atoms with van der Waals surface area (Å²) in [4.78, 5) is 16.8. The average molecular weight is 479 g/mol. The fourth-order valence-corrected chi connectivity index (χ4v) is 3.46. The maximum Gasteiger partial charge on any atom is 0.261 e. The van der Waals surface area contributed by atoms with Crippen LogP contribution in [0.5, 0.6) is 5.75 Å². The topological polar surface area (TPSA) is 115 Å². The Morgan fingerprint density at radius 2 is 1.97 bits per heavy atom. The molecule has 0 unspecified atom stereocenters. The smallest absolute Gasteiger partial charge is 0.261 e. The summed E-state index contributed by atoms with van der Waals surface area (Å²) in [6.45, 7) is 1.87. The highest BCUT2D eigenvalue weighted by Gasteiger charge is 2.20. The van der Waals surface area contributed by atoms with E-state index in [9.17, 15) is 13.2 Å². The third-order valence-corrected chi connectivity index (χ3v) is 6.04. The molecule has 11 heteroatoms. The van der Waals surface area contributed by atoms with Crippen LogP contribution in [-0.4, -0.2) is 43.9 Å². The van der Waals surface area contributed by atoms with Gasteiger partial charge in [0, 0.05) is 17.6 Å². The van der Waals surface area contributed by atoms with Crippen molar-refractivity contribution < 1.29 is 22.5 Å². The van der Waals surface area contributed by atoms with Gasteiger partial charge in [0.25, 0.3) is 5.91 Å². The number of sulfonamides is 1. The molecule has 0 aliphatic heterocycles. The van der Waals surface area contributed by atoms with E-state index < -0.39 is 16.1 Å². The molecule has 1 atom stereocenters. The van der Waals surface area contributed by atoms with Crippen molar-refractivity contribution in [2.45, 2.75) is 26.0 Å². The Bertz CT molecular complexity index is 1180. The normalized spacial score (nSPS) is 12.2. The number of benzene rings is 2. The molecule has 3 aromatic rings. The summed E-state index contributed by atoms with van der Waals surface area (Å²) >= 11 is 5.98. The molecular weight excluding hydrogens is 456 g/mol. The number of hydrogen-bond acceptors (Lipinski definition) is 7. The van der Waals surface area contributed by atoms with Crippen LogP contribution < -0.4 is 14.4 Å². The van der Waals surface area contributed by atoms with Crippen molar-refractivity contribution in [1.29, 1.82) is 0 Å². The van der Waals surface area contributed by atoms with Gasteiger partial charge in [0.2, 0.25) is 21.7 Å². The molecule has 0 saturated carbocycles. The van der Waals surface area contributed by atoms with Crippen molar-refractivity contribution in [3.05, 3.63) is 59.4 Å². The van der Waals surface area contributed by atoms with Crippen LogP contribution in [-0.2, 0) is 21.4 Å². The van der Waals surface area contributed by atoms with Crippen LogP contribution in [0.4, 0.5) is 5.69 Å². The van der Waals surface area contributed by atoms with Gasteiger partial charge in [-0.2, -0.15) is 4.98 Å². The molecule has 0 spiro atoms. The minimum absolute atomic E-state index is 0.0460. The second-order valence-electron chi connectivity index (χ2n) is 6.98. The van der Waals surface area contributed by atoms with Gasteiger partial charge in [0.15, 0.2) is 6.10 Å². The minimum Gasteiger partial charge on any atom is -0.481 e. The van der Waals surface area contributed by atoms with Crippen LogP contribution in [0.3, 0.4) is 0 Å². The Labute approximate surface area is 191 Å². The maximum atomic E-state index is 12.5. The van der Waals surface area contributed by atoms with Gasteiger partial charge in [0.1, 0.15) is 5.75 Å². The minimum atomic E-state index is -3.36. The fourth-order valence-electron chi connectivity index (χ4n) is 2.76. The zero-order valence-electron chi connectivity index (χ0n) is 17.8. The average Bonchev–Trinajstić information content (AvgIpc) is 3.24. The molecule has 0 radical (unpaired) electrons. The Morgan fingerprint density at radius 3 is 2.59 bits per heavy atom. The molecule has 32 heavy (non-hydrogen) atoms. The summed E-state index contributed by atoms with van der Waals surface area (Å²) in [6.07, 6.45) is 0.800. The molecule has 1 amide bonds. The number of ether oxygens (including phenoxy) is 1. The highest BCUT2D eigenvalue weighted by Crippen LogP contribution is 2.22. The number of carbonyl (C=O) groups excluding carboxylic acids is 1. The van der Waals surface area contributed by atoms with E-state index in [1.54, 1.807) is 48.5 Å². The quantitative estimate of drug-likeness (QED) is 0.502. The summed E-state index contributed by atoms with van der Waals surface area (Å²) in [5.74, 6) is 0.724. The zero-order chi connectivity index (χ0) is 23.3. The van der Waals surface area contributed by atoms with Gasteiger partial charge in [-0.05, 0) is 42.8 Å². The molecule has 2 aromatic carbocycles. The summed E-state index contributed by atoms with van der Waals surface area (Å²) in [7, 11) is -1.90. The van der Waals surface area contributed by atoms with E-state index in [0.717, 1.165) is 10.6 Å². The summed E-state index contributed by atoms with van der Waals surface area (Å²) in [5, 5.41) is 7.18. The predicted molar refractivity (Wildman–Crippen MR) is 121 cm³/mol. The number of aromatic nitrogens is 2. The predicted octanol–water partition coefficient (Wildman–Crippen LogP) is 3.26. The van der Waals surface area contributed by atoms with E-state index in [1.807, 2.05) is 6.92 Å². The Hall–Kier alpha value is -3.11. The van der Waals surface area contributed by atoms with Gasteiger partial charge in [-0.3, -0.25) is 9.10 Å². The van der Waals surface area contributed by atoms with E-state index >= 15 is 0 Å². The first-order chi connectivity index (χ1) is 15.2. The number of hydrogen-bond donors (Lipinski definition) is 1. The number of nitrogens with zero attached hydrogens (tertiary/aromatic N) is 3. The molecule has 9 nitrogen and oxygen atoms in total. The second kappa shape index (κ2) is 10.0. The number of rotatable bonds is 9. The SMILES string of the molecule is CC[C@@H](Oc1ccc(N(C)S(C)(=O)=O)cc1)C(=O)NCc1nc(-c2cccc(Cl)c2)no1. The molecule has 1 aromatic heterocycles. The van der Waals surface area contributed by atoms with Gasteiger partial charge in [-0.1, -0.05) is 35.8 Å². The van der Waals surface area contributed by atoms with Crippen molar-refractivity contribution in [1.82, 2.24) is 15.5 Å². The first-order valence-electron chi connectivity index (χ1n) is 9.74. The lowest BCUT2D eigenvalue weighted by Crippen LogP contribution is -2.37. The van der Waals surface area contributed by atoms with Gasteiger partial charge in [0.05, 0.1) is 18.5 Å². The molecule has 0 aliphatic carbocycles. The second-order valence-corrected chi connectivity index (χ2v) is 9.43. The molecule has 1 heterocycles. The van der Waals surface area contributed by atoms with Crippen LogP contribution in [0.25, 0.3) is 11.4 Å². The summed E-state index contributed by atoms with van der Waals surface area (Å²) in [5.41, 5.74) is 1.20. The standard InChI is InChI=1S/C21H23ClN4O5S/c1-4-18(30-17-10-8-16(9-11-17)26(2)32(3,28)29)21(27)23-13-19-24-20(25-31-19)14-6-5-7-15(22)12-14/h5-12,18H,4,13H2,1-3H3,(H,23,27)/t18-/m1/s1. The number of anilines is 1. The van der Waals surface area contributed by atoms with Crippen molar-refractivity contribution in [2.24, 2.45) is 0 Å². The van der Waals surface area contributed by atoms with Gasteiger partial charge in [-0.25, -0.2) is 8.42 Å². The lowest BCUT2D eigenvalue weighted by molar-refractivity contribution is -0.128. The van der Waals surface area contributed by atoms with Crippen LogP contribution in [0.2, 0.25) is 5.02 Å². The fraction of sp³-hybridized carbons (Fsp3) is 0.286. The van der Waals surface area contributed by atoms with Gasteiger partial charge < -0.3 is 14.6 Å². The largest absolute Gasteiger partial charge is 0.481 e. The monoisotopic (exact) mass is 478 g/mol. The number of carbonyl (C=O) groups is 1. The summed E-state index contributed by atoms with van der Waals surface area (Å²) in [6, 6.07) is 13.5. The maximum absolute atomic E-state index is 12.5. The third kappa shape index (κ3) is 5.98. The Kier molecular flexibility index (Phi) is 7.37. The molecule has 0 aliphatic rings. The zero-order valence-corrected chi connectivity index (χ0v) is 19.4. The lowest BCUT2D eigenvalue weighted by atomic mass is 10.2. The van der Waals surface area contributed by atoms with E-state index in [0.29, 0.717) is 34.3 Å².